The molecule has 0 rings (SSSR count). The van der Waals surface area contributed by atoms with E-state index in [2.05, 4.69) is 25.1 Å². The fraction of sp³-hybridized carbons (Fsp3) is 0.800. The van der Waals surface area contributed by atoms with Gasteiger partial charge in [0.25, 0.3) is 0 Å². The summed E-state index contributed by atoms with van der Waals surface area (Å²) in [6.07, 6.45) is 6.50. The summed E-state index contributed by atoms with van der Waals surface area (Å²) in [5.74, 6) is 3.45. The largest absolute Gasteiger partial charge is 0.302 e. The van der Waals surface area contributed by atoms with E-state index >= 15 is 0 Å². The first kappa shape index (κ1) is 10.5. The third-order valence-electron chi connectivity index (χ3n) is 1.65. The standard InChI is InChI=1S/C10H19N/c1-6-10(4,5)11-8-7-9(2)3/h1,9,11H,7-8H2,2-5H3. The first-order valence-corrected chi connectivity index (χ1v) is 4.21. The van der Waals surface area contributed by atoms with Gasteiger partial charge in [-0.25, -0.2) is 0 Å². The monoisotopic (exact) mass is 153 g/mol. The van der Waals surface area contributed by atoms with E-state index in [1.807, 2.05) is 13.8 Å². The summed E-state index contributed by atoms with van der Waals surface area (Å²) < 4.78 is 0. The van der Waals surface area contributed by atoms with E-state index in [1.54, 1.807) is 0 Å². The molecule has 0 fully saturated rings. The molecular formula is C10H19N. The van der Waals surface area contributed by atoms with E-state index in [-0.39, 0.29) is 5.54 Å². The van der Waals surface area contributed by atoms with Crippen molar-refractivity contribution in [3.05, 3.63) is 0 Å². The Morgan fingerprint density at radius 1 is 1.45 bits per heavy atom. The molecule has 0 radical (unpaired) electrons. The van der Waals surface area contributed by atoms with Gasteiger partial charge >= 0.3 is 0 Å². The van der Waals surface area contributed by atoms with Gasteiger partial charge < -0.3 is 5.32 Å². The van der Waals surface area contributed by atoms with Crippen LogP contribution < -0.4 is 5.32 Å². The van der Waals surface area contributed by atoms with Crippen LogP contribution in [0.4, 0.5) is 0 Å². The molecule has 1 heteroatoms. The average molecular weight is 153 g/mol. The first-order chi connectivity index (χ1) is 4.98. The predicted molar refractivity (Wildman–Crippen MR) is 50.4 cm³/mol. The summed E-state index contributed by atoms with van der Waals surface area (Å²) in [5.41, 5.74) is -0.144. The number of rotatable bonds is 4. The van der Waals surface area contributed by atoms with Gasteiger partial charge in [0.2, 0.25) is 0 Å². The molecule has 0 aromatic carbocycles. The molecule has 0 amide bonds. The van der Waals surface area contributed by atoms with E-state index in [1.165, 1.54) is 6.42 Å². The highest BCUT2D eigenvalue weighted by atomic mass is 14.9. The van der Waals surface area contributed by atoms with E-state index in [0.717, 1.165) is 12.5 Å². The second-order valence-electron chi connectivity index (χ2n) is 3.88. The zero-order valence-corrected chi connectivity index (χ0v) is 8.07. The average Bonchev–Trinajstić information content (AvgIpc) is 1.87. The van der Waals surface area contributed by atoms with Crippen molar-refractivity contribution in [2.24, 2.45) is 5.92 Å². The molecule has 11 heavy (non-hydrogen) atoms. The Labute approximate surface area is 70.6 Å². The summed E-state index contributed by atoms with van der Waals surface area (Å²) in [6.45, 7) is 9.48. The van der Waals surface area contributed by atoms with Crippen molar-refractivity contribution in [2.75, 3.05) is 6.54 Å². The van der Waals surface area contributed by atoms with E-state index < -0.39 is 0 Å². The topological polar surface area (TPSA) is 12.0 Å². The molecule has 0 aromatic heterocycles. The fourth-order valence-electron chi connectivity index (χ4n) is 0.724. The highest BCUT2D eigenvalue weighted by Crippen LogP contribution is 2.02. The van der Waals surface area contributed by atoms with E-state index in [4.69, 9.17) is 6.42 Å². The Balaban J connectivity index is 3.48. The van der Waals surface area contributed by atoms with Gasteiger partial charge in [0.15, 0.2) is 0 Å². The summed E-state index contributed by atoms with van der Waals surface area (Å²) in [5, 5.41) is 3.30. The maximum atomic E-state index is 5.31. The van der Waals surface area contributed by atoms with Crippen LogP contribution in [0.5, 0.6) is 0 Å². The zero-order chi connectivity index (χ0) is 8.91. The Morgan fingerprint density at radius 2 is 2.00 bits per heavy atom. The minimum Gasteiger partial charge on any atom is -0.302 e. The quantitative estimate of drug-likeness (QED) is 0.609. The lowest BCUT2D eigenvalue weighted by molar-refractivity contribution is 0.450. The van der Waals surface area contributed by atoms with Crippen LogP contribution in [0.25, 0.3) is 0 Å². The Hall–Kier alpha value is -0.480. The van der Waals surface area contributed by atoms with Crippen molar-refractivity contribution in [1.82, 2.24) is 5.32 Å². The zero-order valence-electron chi connectivity index (χ0n) is 8.07. The van der Waals surface area contributed by atoms with Gasteiger partial charge in [-0.05, 0) is 32.7 Å². The molecule has 1 nitrogen and oxygen atoms in total. The minimum atomic E-state index is -0.144. The Kier molecular flexibility index (Phi) is 4.22. The van der Waals surface area contributed by atoms with Crippen LogP contribution in [0.3, 0.4) is 0 Å². The summed E-state index contributed by atoms with van der Waals surface area (Å²) >= 11 is 0. The summed E-state index contributed by atoms with van der Waals surface area (Å²) in [6, 6.07) is 0. The molecular weight excluding hydrogens is 134 g/mol. The first-order valence-electron chi connectivity index (χ1n) is 4.21. The molecule has 0 spiro atoms. The SMILES string of the molecule is C#CC(C)(C)NCCC(C)C. The highest BCUT2D eigenvalue weighted by molar-refractivity contribution is 5.07. The van der Waals surface area contributed by atoms with Gasteiger partial charge in [-0.3, -0.25) is 0 Å². The highest BCUT2D eigenvalue weighted by Gasteiger charge is 2.11. The minimum absolute atomic E-state index is 0.144. The maximum absolute atomic E-state index is 5.31. The van der Waals surface area contributed by atoms with Crippen LogP contribution in [0.2, 0.25) is 0 Å². The number of hydrogen-bond donors (Lipinski definition) is 1. The smallest absolute Gasteiger partial charge is 0.0741 e. The lowest BCUT2D eigenvalue weighted by atomic mass is 10.1. The third-order valence-corrected chi connectivity index (χ3v) is 1.65. The van der Waals surface area contributed by atoms with Crippen LogP contribution >= 0.6 is 0 Å². The van der Waals surface area contributed by atoms with Crippen LogP contribution in [0, 0.1) is 18.3 Å². The van der Waals surface area contributed by atoms with Gasteiger partial charge in [-0.2, -0.15) is 0 Å². The van der Waals surface area contributed by atoms with Crippen LogP contribution in [0.15, 0.2) is 0 Å². The summed E-state index contributed by atoms with van der Waals surface area (Å²) in [4.78, 5) is 0. The van der Waals surface area contributed by atoms with E-state index in [9.17, 15) is 0 Å². The van der Waals surface area contributed by atoms with Gasteiger partial charge in [-0.15, -0.1) is 6.42 Å². The molecule has 0 aromatic rings. The van der Waals surface area contributed by atoms with Crippen LogP contribution in [-0.4, -0.2) is 12.1 Å². The van der Waals surface area contributed by atoms with Crippen molar-refractivity contribution < 1.29 is 0 Å². The van der Waals surface area contributed by atoms with Gasteiger partial charge in [0.05, 0.1) is 5.54 Å². The van der Waals surface area contributed by atoms with Gasteiger partial charge in [0.1, 0.15) is 0 Å². The molecule has 0 saturated carbocycles. The second kappa shape index (κ2) is 4.41. The number of nitrogens with one attached hydrogen (secondary N) is 1. The van der Waals surface area contributed by atoms with Gasteiger partial charge in [0, 0.05) is 0 Å². The molecule has 0 aliphatic heterocycles. The number of terminal acetylenes is 1. The lowest BCUT2D eigenvalue weighted by Crippen LogP contribution is -2.38. The molecule has 0 aliphatic rings. The lowest BCUT2D eigenvalue weighted by Gasteiger charge is -2.19. The maximum Gasteiger partial charge on any atom is 0.0741 e. The Morgan fingerprint density at radius 3 is 2.36 bits per heavy atom. The number of hydrogen-bond acceptors (Lipinski definition) is 1. The molecule has 0 atom stereocenters. The molecule has 0 heterocycles. The molecule has 0 saturated heterocycles. The third kappa shape index (κ3) is 5.94. The van der Waals surface area contributed by atoms with Crippen molar-refractivity contribution in [1.29, 1.82) is 0 Å². The molecule has 0 bridgehead atoms. The van der Waals surface area contributed by atoms with Crippen molar-refractivity contribution in [3.63, 3.8) is 0 Å². The van der Waals surface area contributed by atoms with Crippen molar-refractivity contribution >= 4 is 0 Å². The normalized spacial score (nSPS) is 11.6. The predicted octanol–water partition coefficient (Wildman–Crippen LogP) is 2.03. The van der Waals surface area contributed by atoms with Crippen molar-refractivity contribution in [2.45, 2.75) is 39.7 Å². The van der Waals surface area contributed by atoms with Gasteiger partial charge in [-0.1, -0.05) is 19.8 Å². The van der Waals surface area contributed by atoms with Crippen LogP contribution in [-0.2, 0) is 0 Å². The summed E-state index contributed by atoms with van der Waals surface area (Å²) in [7, 11) is 0. The second-order valence-corrected chi connectivity index (χ2v) is 3.88. The molecule has 1 N–H and O–H groups in total. The van der Waals surface area contributed by atoms with E-state index in [0.29, 0.717) is 0 Å². The molecule has 64 valence electrons. The molecule has 0 unspecified atom stereocenters. The fourth-order valence-corrected chi connectivity index (χ4v) is 0.724. The molecule has 0 aliphatic carbocycles. The van der Waals surface area contributed by atoms with Crippen LogP contribution in [0.1, 0.15) is 34.1 Å². The Bertz CT molecular complexity index is 139. The van der Waals surface area contributed by atoms with Crippen molar-refractivity contribution in [3.8, 4) is 12.3 Å².